The minimum absolute atomic E-state index is 0.122. The Kier molecular flexibility index (Phi) is 9.20. The Bertz CT molecular complexity index is 199. The predicted molar refractivity (Wildman–Crippen MR) is 73.1 cm³/mol. The minimum atomic E-state index is -0.600. The van der Waals surface area contributed by atoms with Gasteiger partial charge in [-0.25, -0.2) is 0 Å². The van der Waals surface area contributed by atoms with Gasteiger partial charge in [0.05, 0.1) is 5.92 Å². The van der Waals surface area contributed by atoms with Crippen LogP contribution in [0.25, 0.3) is 0 Å². The lowest BCUT2D eigenvalue weighted by Gasteiger charge is -2.21. The van der Waals surface area contributed by atoms with Crippen molar-refractivity contribution in [3.05, 3.63) is 0 Å². The van der Waals surface area contributed by atoms with Gasteiger partial charge in [-0.05, 0) is 24.7 Å². The molecule has 0 aliphatic carbocycles. The van der Waals surface area contributed by atoms with E-state index in [2.05, 4.69) is 27.7 Å². The lowest BCUT2D eigenvalue weighted by atomic mass is 9.84. The van der Waals surface area contributed by atoms with Crippen molar-refractivity contribution < 1.29 is 9.90 Å². The van der Waals surface area contributed by atoms with E-state index in [1.807, 2.05) is 0 Å². The van der Waals surface area contributed by atoms with Crippen molar-refractivity contribution in [3.63, 3.8) is 0 Å². The summed E-state index contributed by atoms with van der Waals surface area (Å²) in [4.78, 5) is 11.2. The summed E-state index contributed by atoms with van der Waals surface area (Å²) in [7, 11) is 0. The van der Waals surface area contributed by atoms with Crippen molar-refractivity contribution in [2.45, 2.75) is 72.6 Å². The molecule has 0 saturated carbocycles. The first-order chi connectivity index (χ1) is 8.01. The van der Waals surface area contributed by atoms with Gasteiger partial charge in [-0.1, -0.05) is 59.8 Å². The summed E-state index contributed by atoms with van der Waals surface area (Å²) >= 11 is 0. The van der Waals surface area contributed by atoms with Crippen LogP contribution in [0.4, 0.5) is 0 Å². The first-order valence-electron chi connectivity index (χ1n) is 7.23. The average Bonchev–Trinajstić information content (AvgIpc) is 2.25. The molecule has 0 spiro atoms. The van der Waals surface area contributed by atoms with E-state index in [1.54, 1.807) is 0 Å². The van der Waals surface area contributed by atoms with Crippen LogP contribution in [0.5, 0.6) is 0 Å². The highest BCUT2D eigenvalue weighted by Crippen LogP contribution is 2.26. The first-order valence-corrected chi connectivity index (χ1v) is 7.23. The van der Waals surface area contributed by atoms with Crippen molar-refractivity contribution in [1.29, 1.82) is 0 Å². The van der Waals surface area contributed by atoms with Gasteiger partial charge >= 0.3 is 5.97 Å². The van der Waals surface area contributed by atoms with Gasteiger partial charge < -0.3 is 5.11 Å². The Labute approximate surface area is 107 Å². The van der Waals surface area contributed by atoms with Crippen molar-refractivity contribution in [2.75, 3.05) is 0 Å². The first kappa shape index (κ1) is 16.5. The molecule has 0 aromatic heterocycles. The Morgan fingerprint density at radius 1 is 1.00 bits per heavy atom. The lowest BCUT2D eigenvalue weighted by Crippen LogP contribution is -2.18. The van der Waals surface area contributed by atoms with Gasteiger partial charge in [0.2, 0.25) is 0 Å². The normalized spacial score (nSPS) is 14.9. The smallest absolute Gasteiger partial charge is 0.306 e. The largest absolute Gasteiger partial charge is 0.481 e. The molecule has 102 valence electrons. The van der Waals surface area contributed by atoms with Crippen LogP contribution in [0.3, 0.4) is 0 Å². The van der Waals surface area contributed by atoms with E-state index in [9.17, 15) is 9.90 Å². The molecule has 0 saturated heterocycles. The Morgan fingerprint density at radius 2 is 1.59 bits per heavy atom. The summed E-state index contributed by atoms with van der Waals surface area (Å²) in [6.45, 7) is 8.74. The van der Waals surface area contributed by atoms with Crippen molar-refractivity contribution in [1.82, 2.24) is 0 Å². The van der Waals surface area contributed by atoms with Crippen LogP contribution < -0.4 is 0 Å². The lowest BCUT2D eigenvalue weighted by molar-refractivity contribution is -0.142. The van der Waals surface area contributed by atoms with Gasteiger partial charge in [-0.3, -0.25) is 4.79 Å². The third kappa shape index (κ3) is 8.23. The van der Waals surface area contributed by atoms with Crippen LogP contribution in [-0.4, -0.2) is 11.1 Å². The summed E-state index contributed by atoms with van der Waals surface area (Å²) in [5, 5.41) is 9.20. The molecule has 0 bridgehead atoms. The summed E-state index contributed by atoms with van der Waals surface area (Å²) in [5.74, 6) is 0.611. The maximum absolute atomic E-state index is 11.2. The molecule has 0 aliphatic rings. The predicted octanol–water partition coefficient (Wildman–Crippen LogP) is 4.73. The molecular weight excluding hydrogens is 212 g/mol. The second kappa shape index (κ2) is 9.49. The van der Waals surface area contributed by atoms with Crippen molar-refractivity contribution in [2.24, 2.45) is 17.8 Å². The molecule has 2 atom stereocenters. The molecule has 1 N–H and O–H groups in total. The molecule has 2 heteroatoms. The van der Waals surface area contributed by atoms with Gasteiger partial charge in [0.15, 0.2) is 0 Å². The van der Waals surface area contributed by atoms with Gasteiger partial charge in [-0.2, -0.15) is 0 Å². The number of hydrogen-bond acceptors (Lipinski definition) is 1. The summed E-state index contributed by atoms with van der Waals surface area (Å²) in [6, 6.07) is 0. The third-order valence-electron chi connectivity index (χ3n) is 3.45. The van der Waals surface area contributed by atoms with Crippen molar-refractivity contribution >= 4 is 5.97 Å². The standard InChI is InChI=1S/C15H30O2/c1-5-7-13(10-9-12(3)4)11-14(8-6-2)15(16)17/h12-14H,5-11H2,1-4H3,(H,16,17). The van der Waals surface area contributed by atoms with E-state index < -0.39 is 5.97 Å². The highest BCUT2D eigenvalue weighted by molar-refractivity contribution is 5.69. The quantitative estimate of drug-likeness (QED) is 0.601. The van der Waals surface area contributed by atoms with E-state index in [1.165, 1.54) is 25.7 Å². The van der Waals surface area contributed by atoms with Gasteiger partial charge in [0.1, 0.15) is 0 Å². The molecule has 17 heavy (non-hydrogen) atoms. The van der Waals surface area contributed by atoms with Crippen molar-refractivity contribution in [3.8, 4) is 0 Å². The van der Waals surface area contributed by atoms with Gasteiger partial charge in [-0.15, -0.1) is 0 Å². The van der Waals surface area contributed by atoms with E-state index in [-0.39, 0.29) is 5.92 Å². The maximum Gasteiger partial charge on any atom is 0.306 e. The third-order valence-corrected chi connectivity index (χ3v) is 3.45. The number of carbonyl (C=O) groups is 1. The van der Waals surface area contributed by atoms with Crippen LogP contribution in [0.15, 0.2) is 0 Å². The molecule has 0 aromatic rings. The average molecular weight is 242 g/mol. The van der Waals surface area contributed by atoms with E-state index in [0.717, 1.165) is 25.2 Å². The fraction of sp³-hybridized carbons (Fsp3) is 0.933. The number of hydrogen-bond donors (Lipinski definition) is 1. The molecule has 0 radical (unpaired) electrons. The number of carboxylic acid groups (broad SMARTS) is 1. The van der Waals surface area contributed by atoms with E-state index >= 15 is 0 Å². The Balaban J connectivity index is 4.22. The molecule has 0 rings (SSSR count). The monoisotopic (exact) mass is 242 g/mol. The number of carboxylic acids is 1. The molecule has 0 heterocycles. The molecular formula is C15H30O2. The second-order valence-electron chi connectivity index (χ2n) is 5.69. The van der Waals surface area contributed by atoms with Crippen LogP contribution in [0.1, 0.15) is 72.6 Å². The summed E-state index contributed by atoms with van der Waals surface area (Å²) in [5.41, 5.74) is 0. The van der Waals surface area contributed by atoms with Gasteiger partial charge in [0.25, 0.3) is 0 Å². The fourth-order valence-corrected chi connectivity index (χ4v) is 2.45. The van der Waals surface area contributed by atoms with E-state index in [4.69, 9.17) is 0 Å². The maximum atomic E-state index is 11.2. The fourth-order valence-electron chi connectivity index (χ4n) is 2.45. The zero-order valence-electron chi connectivity index (χ0n) is 12.0. The molecule has 2 unspecified atom stereocenters. The zero-order valence-corrected chi connectivity index (χ0v) is 12.0. The van der Waals surface area contributed by atoms with E-state index in [0.29, 0.717) is 5.92 Å². The SMILES string of the molecule is CCCC(CCC(C)C)CC(CCC)C(=O)O. The molecule has 0 fully saturated rings. The molecule has 0 aromatic carbocycles. The summed E-state index contributed by atoms with van der Waals surface area (Å²) < 4.78 is 0. The highest BCUT2D eigenvalue weighted by atomic mass is 16.4. The second-order valence-corrected chi connectivity index (χ2v) is 5.69. The Hall–Kier alpha value is -0.530. The Morgan fingerprint density at radius 3 is 2.00 bits per heavy atom. The van der Waals surface area contributed by atoms with Gasteiger partial charge in [0, 0.05) is 0 Å². The number of rotatable bonds is 10. The van der Waals surface area contributed by atoms with Crippen LogP contribution >= 0.6 is 0 Å². The van der Waals surface area contributed by atoms with Crippen LogP contribution in [-0.2, 0) is 4.79 Å². The molecule has 2 nitrogen and oxygen atoms in total. The molecule has 0 amide bonds. The summed E-state index contributed by atoms with van der Waals surface area (Å²) in [6.07, 6.45) is 7.45. The molecule has 0 aliphatic heterocycles. The van der Waals surface area contributed by atoms with Crippen LogP contribution in [0, 0.1) is 17.8 Å². The topological polar surface area (TPSA) is 37.3 Å². The number of aliphatic carboxylic acids is 1. The minimum Gasteiger partial charge on any atom is -0.481 e. The van der Waals surface area contributed by atoms with Crippen LogP contribution in [0.2, 0.25) is 0 Å². The highest BCUT2D eigenvalue weighted by Gasteiger charge is 2.21. The zero-order chi connectivity index (χ0) is 13.3.